The van der Waals surface area contributed by atoms with Gasteiger partial charge in [0.15, 0.2) is 5.78 Å². The van der Waals surface area contributed by atoms with Crippen LogP contribution in [0.25, 0.3) is 5.57 Å². The molecule has 0 saturated heterocycles. The smallest absolute Gasteiger partial charge is 0.256 e. The molecule has 0 aromatic heterocycles. The Kier molecular flexibility index (Phi) is 3.24. The highest BCUT2D eigenvalue weighted by Gasteiger charge is 2.24. The molecule has 0 bridgehead atoms. The standard InChI is InChI=1S/C16H10BrNO2/c17-13-7-3-1-6-11(13)15(19)9-12-10-5-2-4-8-14(10)18-16(12)20/h1-9H,(H,18,20). The van der Waals surface area contributed by atoms with E-state index in [2.05, 4.69) is 21.2 Å². The van der Waals surface area contributed by atoms with Crippen LogP contribution in [0.3, 0.4) is 0 Å². The van der Waals surface area contributed by atoms with E-state index in [-0.39, 0.29) is 11.7 Å². The third-order valence-corrected chi connectivity index (χ3v) is 3.82. The van der Waals surface area contributed by atoms with Gasteiger partial charge in [0.1, 0.15) is 0 Å². The monoisotopic (exact) mass is 327 g/mol. The topological polar surface area (TPSA) is 46.2 Å². The highest BCUT2D eigenvalue weighted by Crippen LogP contribution is 2.31. The molecule has 0 fully saturated rings. The molecule has 0 radical (unpaired) electrons. The molecular weight excluding hydrogens is 318 g/mol. The summed E-state index contributed by atoms with van der Waals surface area (Å²) >= 11 is 3.34. The Morgan fingerprint density at radius 1 is 1.05 bits per heavy atom. The van der Waals surface area contributed by atoms with Crippen molar-refractivity contribution in [3.05, 3.63) is 70.2 Å². The lowest BCUT2D eigenvalue weighted by Crippen LogP contribution is -2.06. The fourth-order valence-electron chi connectivity index (χ4n) is 2.15. The van der Waals surface area contributed by atoms with E-state index in [1.54, 1.807) is 18.2 Å². The van der Waals surface area contributed by atoms with Crippen LogP contribution in [-0.4, -0.2) is 11.7 Å². The maximum atomic E-state index is 12.3. The second-order valence-corrected chi connectivity index (χ2v) is 5.26. The molecule has 0 aliphatic carbocycles. The van der Waals surface area contributed by atoms with Crippen molar-refractivity contribution in [2.45, 2.75) is 0 Å². The van der Waals surface area contributed by atoms with Gasteiger partial charge in [0, 0.05) is 21.3 Å². The number of amides is 1. The van der Waals surface area contributed by atoms with Crippen molar-refractivity contribution < 1.29 is 9.59 Å². The molecule has 98 valence electrons. The maximum absolute atomic E-state index is 12.3. The normalized spacial score (nSPS) is 15.1. The van der Waals surface area contributed by atoms with Crippen LogP contribution in [0.15, 0.2) is 59.1 Å². The number of benzene rings is 2. The third-order valence-electron chi connectivity index (χ3n) is 3.12. The first kappa shape index (κ1) is 12.8. The van der Waals surface area contributed by atoms with Crippen LogP contribution in [0.1, 0.15) is 15.9 Å². The summed E-state index contributed by atoms with van der Waals surface area (Å²) in [7, 11) is 0. The van der Waals surface area contributed by atoms with Gasteiger partial charge >= 0.3 is 0 Å². The Morgan fingerprint density at radius 3 is 2.55 bits per heavy atom. The third kappa shape index (κ3) is 2.18. The Balaban J connectivity index is 2.03. The molecule has 0 spiro atoms. The Labute approximate surface area is 124 Å². The average molecular weight is 328 g/mol. The second kappa shape index (κ2) is 5.06. The fraction of sp³-hybridized carbons (Fsp3) is 0. The predicted octanol–water partition coefficient (Wildman–Crippen LogP) is 3.67. The summed E-state index contributed by atoms with van der Waals surface area (Å²) in [4.78, 5) is 24.2. The van der Waals surface area contributed by atoms with Crippen LogP contribution in [0, 0.1) is 0 Å². The van der Waals surface area contributed by atoms with E-state index < -0.39 is 0 Å². The minimum Gasteiger partial charge on any atom is -0.321 e. The van der Waals surface area contributed by atoms with E-state index in [0.717, 1.165) is 11.3 Å². The number of hydrogen-bond donors (Lipinski definition) is 1. The van der Waals surface area contributed by atoms with Crippen molar-refractivity contribution in [1.82, 2.24) is 0 Å². The van der Waals surface area contributed by atoms with Crippen LogP contribution < -0.4 is 5.32 Å². The Bertz CT molecular complexity index is 750. The number of fused-ring (bicyclic) bond motifs is 1. The number of carbonyl (C=O) groups is 2. The van der Waals surface area contributed by atoms with Gasteiger partial charge in [-0.05, 0) is 24.3 Å². The van der Waals surface area contributed by atoms with Gasteiger partial charge in [0.05, 0.1) is 5.57 Å². The molecule has 2 aromatic rings. The van der Waals surface area contributed by atoms with Gasteiger partial charge in [0.2, 0.25) is 0 Å². The SMILES string of the molecule is O=C1Nc2ccccc2C1=CC(=O)c1ccccc1Br. The van der Waals surface area contributed by atoms with Gasteiger partial charge in [-0.15, -0.1) is 0 Å². The zero-order chi connectivity index (χ0) is 14.1. The molecule has 1 N–H and O–H groups in total. The lowest BCUT2D eigenvalue weighted by Gasteiger charge is -2.00. The number of halogens is 1. The molecule has 1 amide bonds. The van der Waals surface area contributed by atoms with Gasteiger partial charge in [-0.2, -0.15) is 0 Å². The average Bonchev–Trinajstić information content (AvgIpc) is 2.76. The molecule has 20 heavy (non-hydrogen) atoms. The van der Waals surface area contributed by atoms with Crippen molar-refractivity contribution >= 4 is 38.9 Å². The van der Waals surface area contributed by atoms with Crippen LogP contribution in [0.4, 0.5) is 5.69 Å². The van der Waals surface area contributed by atoms with Crippen LogP contribution in [0.5, 0.6) is 0 Å². The van der Waals surface area contributed by atoms with E-state index in [1.807, 2.05) is 30.3 Å². The lowest BCUT2D eigenvalue weighted by molar-refractivity contribution is -0.110. The van der Waals surface area contributed by atoms with Crippen molar-refractivity contribution in [3.8, 4) is 0 Å². The molecule has 3 nitrogen and oxygen atoms in total. The van der Waals surface area contributed by atoms with Gasteiger partial charge in [0.25, 0.3) is 5.91 Å². The Hall–Kier alpha value is -2.20. The molecule has 0 atom stereocenters. The first-order valence-corrected chi connectivity index (χ1v) is 6.87. The van der Waals surface area contributed by atoms with Crippen LogP contribution in [-0.2, 0) is 4.79 Å². The summed E-state index contributed by atoms with van der Waals surface area (Å²) in [6.07, 6.45) is 1.39. The van der Waals surface area contributed by atoms with E-state index in [1.165, 1.54) is 6.08 Å². The number of carbonyl (C=O) groups excluding carboxylic acids is 2. The molecule has 4 heteroatoms. The van der Waals surface area contributed by atoms with Crippen molar-refractivity contribution in [1.29, 1.82) is 0 Å². The van der Waals surface area contributed by atoms with Crippen molar-refractivity contribution in [2.24, 2.45) is 0 Å². The number of anilines is 1. The number of para-hydroxylation sites is 1. The molecule has 0 saturated carbocycles. The molecule has 3 rings (SSSR count). The highest BCUT2D eigenvalue weighted by molar-refractivity contribution is 9.10. The van der Waals surface area contributed by atoms with Crippen molar-refractivity contribution in [2.75, 3.05) is 5.32 Å². The molecule has 0 unspecified atom stereocenters. The molecule has 1 aliphatic heterocycles. The number of rotatable bonds is 2. The van der Waals surface area contributed by atoms with E-state index >= 15 is 0 Å². The summed E-state index contributed by atoms with van der Waals surface area (Å²) in [6, 6.07) is 14.5. The van der Waals surface area contributed by atoms with Crippen LogP contribution in [0.2, 0.25) is 0 Å². The van der Waals surface area contributed by atoms with Crippen molar-refractivity contribution in [3.63, 3.8) is 0 Å². The second-order valence-electron chi connectivity index (χ2n) is 4.40. The summed E-state index contributed by atoms with van der Waals surface area (Å²) in [5, 5.41) is 2.75. The van der Waals surface area contributed by atoms with E-state index in [4.69, 9.17) is 0 Å². The van der Waals surface area contributed by atoms with Gasteiger partial charge in [-0.25, -0.2) is 0 Å². The first-order chi connectivity index (χ1) is 9.66. The summed E-state index contributed by atoms with van der Waals surface area (Å²) in [6.45, 7) is 0. The summed E-state index contributed by atoms with van der Waals surface area (Å²) in [5.74, 6) is -0.439. The number of nitrogens with one attached hydrogen (secondary N) is 1. The molecule has 1 heterocycles. The summed E-state index contributed by atoms with van der Waals surface area (Å²) < 4.78 is 0.716. The van der Waals surface area contributed by atoms with Gasteiger partial charge in [-0.1, -0.05) is 46.3 Å². The molecule has 1 aliphatic rings. The fourth-order valence-corrected chi connectivity index (χ4v) is 2.63. The number of ketones is 1. The minimum atomic E-state index is -0.244. The largest absolute Gasteiger partial charge is 0.321 e. The van der Waals surface area contributed by atoms with Gasteiger partial charge < -0.3 is 5.32 Å². The quantitative estimate of drug-likeness (QED) is 0.675. The maximum Gasteiger partial charge on any atom is 0.256 e. The zero-order valence-electron chi connectivity index (χ0n) is 10.4. The van der Waals surface area contributed by atoms with E-state index in [0.29, 0.717) is 15.6 Å². The van der Waals surface area contributed by atoms with Gasteiger partial charge in [-0.3, -0.25) is 9.59 Å². The Morgan fingerprint density at radius 2 is 1.75 bits per heavy atom. The lowest BCUT2D eigenvalue weighted by atomic mass is 10.0. The first-order valence-electron chi connectivity index (χ1n) is 6.08. The number of allylic oxidation sites excluding steroid dienone is 1. The summed E-state index contributed by atoms with van der Waals surface area (Å²) in [5.41, 5.74) is 2.44. The minimum absolute atomic E-state index is 0.195. The predicted molar refractivity (Wildman–Crippen MR) is 81.5 cm³/mol. The van der Waals surface area contributed by atoms with E-state index in [9.17, 15) is 9.59 Å². The zero-order valence-corrected chi connectivity index (χ0v) is 12.0. The molecular formula is C16H10BrNO2. The molecule has 2 aromatic carbocycles. The number of hydrogen-bond acceptors (Lipinski definition) is 2. The highest BCUT2D eigenvalue weighted by atomic mass is 79.9. The van der Waals surface area contributed by atoms with Crippen LogP contribution >= 0.6 is 15.9 Å².